The summed E-state index contributed by atoms with van der Waals surface area (Å²) >= 11 is 1.50. The van der Waals surface area contributed by atoms with Crippen molar-refractivity contribution in [2.24, 2.45) is 0 Å². The van der Waals surface area contributed by atoms with E-state index in [1.54, 1.807) is 0 Å². The van der Waals surface area contributed by atoms with Gasteiger partial charge in [-0.15, -0.1) is 11.8 Å². The average molecular weight is 240 g/mol. The summed E-state index contributed by atoms with van der Waals surface area (Å²) in [6.45, 7) is 4.02. The molecule has 0 amide bonds. The smallest absolute Gasteiger partial charge is 0.306 e. The Morgan fingerprint density at radius 2 is 2.12 bits per heavy atom. The van der Waals surface area contributed by atoms with Gasteiger partial charge in [0.25, 0.3) is 0 Å². The number of carboxylic acids is 1. The number of hydrogen-bond acceptors (Lipinski definition) is 3. The van der Waals surface area contributed by atoms with Crippen molar-refractivity contribution in [3.8, 4) is 0 Å². The Labute approximate surface area is 99.5 Å². The van der Waals surface area contributed by atoms with Crippen LogP contribution in [0.4, 0.5) is 0 Å². The first-order valence-electron chi connectivity index (χ1n) is 5.09. The summed E-state index contributed by atoms with van der Waals surface area (Å²) in [7, 11) is 0. The molecule has 0 saturated carbocycles. The highest BCUT2D eigenvalue weighted by Crippen LogP contribution is 2.24. The van der Waals surface area contributed by atoms with Gasteiger partial charge >= 0.3 is 5.97 Å². The van der Waals surface area contributed by atoms with E-state index in [0.717, 1.165) is 10.5 Å². The normalized spacial score (nSPS) is 12.4. The first kappa shape index (κ1) is 13.1. The van der Waals surface area contributed by atoms with Crippen LogP contribution in [0.5, 0.6) is 0 Å². The third-order valence-corrected chi connectivity index (χ3v) is 3.49. The summed E-state index contributed by atoms with van der Waals surface area (Å²) in [5, 5.41) is 17.9. The van der Waals surface area contributed by atoms with Gasteiger partial charge in [0.1, 0.15) is 0 Å². The molecule has 0 bridgehead atoms. The number of rotatable bonds is 5. The molecule has 2 N–H and O–H groups in total. The van der Waals surface area contributed by atoms with Crippen molar-refractivity contribution in [2.45, 2.75) is 31.3 Å². The predicted octanol–water partition coefficient (Wildman–Crippen LogP) is 2.23. The van der Waals surface area contributed by atoms with E-state index < -0.39 is 12.1 Å². The largest absolute Gasteiger partial charge is 0.481 e. The maximum absolute atomic E-state index is 10.4. The highest BCUT2D eigenvalue weighted by Gasteiger charge is 2.10. The highest BCUT2D eigenvalue weighted by atomic mass is 32.2. The molecule has 4 heteroatoms. The zero-order valence-corrected chi connectivity index (χ0v) is 10.3. The standard InChI is InChI=1S/C12H16O3S/c1-8-3-4-9(2)11(5-8)16-7-10(13)6-12(14)15/h3-5,10,13H,6-7H2,1-2H3,(H,14,15). The molecule has 0 aromatic heterocycles. The maximum atomic E-state index is 10.4. The zero-order valence-electron chi connectivity index (χ0n) is 9.43. The van der Waals surface area contributed by atoms with Crippen LogP contribution >= 0.6 is 11.8 Å². The molecule has 0 heterocycles. The number of aliphatic hydroxyl groups is 1. The van der Waals surface area contributed by atoms with Crippen molar-refractivity contribution in [3.63, 3.8) is 0 Å². The summed E-state index contributed by atoms with van der Waals surface area (Å²) in [6, 6.07) is 6.11. The van der Waals surface area contributed by atoms with Crippen LogP contribution in [0.15, 0.2) is 23.1 Å². The molecule has 0 aliphatic rings. The minimum Gasteiger partial charge on any atom is -0.481 e. The van der Waals surface area contributed by atoms with Crippen LogP contribution in [0.3, 0.4) is 0 Å². The van der Waals surface area contributed by atoms with Gasteiger partial charge in [-0.2, -0.15) is 0 Å². The molecule has 1 aromatic carbocycles. The van der Waals surface area contributed by atoms with Gasteiger partial charge in [-0.3, -0.25) is 4.79 Å². The number of hydrogen-bond donors (Lipinski definition) is 2. The average Bonchev–Trinajstić information content (AvgIpc) is 2.18. The number of thioether (sulfide) groups is 1. The maximum Gasteiger partial charge on any atom is 0.306 e. The zero-order chi connectivity index (χ0) is 12.1. The van der Waals surface area contributed by atoms with Gasteiger partial charge in [-0.05, 0) is 25.5 Å². The summed E-state index contributed by atoms with van der Waals surface area (Å²) in [5.74, 6) is -0.551. The summed E-state index contributed by atoms with van der Waals surface area (Å²) in [6.07, 6.45) is -0.986. The lowest BCUT2D eigenvalue weighted by atomic mass is 10.2. The van der Waals surface area contributed by atoms with Crippen molar-refractivity contribution < 1.29 is 15.0 Å². The van der Waals surface area contributed by atoms with E-state index in [1.807, 2.05) is 32.0 Å². The molecule has 3 nitrogen and oxygen atoms in total. The van der Waals surface area contributed by atoms with E-state index in [9.17, 15) is 9.90 Å². The van der Waals surface area contributed by atoms with E-state index in [1.165, 1.54) is 17.3 Å². The van der Waals surface area contributed by atoms with Crippen LogP contribution in [-0.2, 0) is 4.79 Å². The van der Waals surface area contributed by atoms with Gasteiger partial charge in [0.2, 0.25) is 0 Å². The molecule has 16 heavy (non-hydrogen) atoms. The van der Waals surface area contributed by atoms with E-state index in [0.29, 0.717) is 5.75 Å². The van der Waals surface area contributed by atoms with Gasteiger partial charge < -0.3 is 10.2 Å². The molecule has 1 rings (SSSR count). The van der Waals surface area contributed by atoms with Gasteiger partial charge in [0.15, 0.2) is 0 Å². The fourth-order valence-electron chi connectivity index (χ4n) is 1.31. The lowest BCUT2D eigenvalue weighted by Crippen LogP contribution is -2.15. The Bertz CT molecular complexity index is 377. The number of aliphatic carboxylic acids is 1. The van der Waals surface area contributed by atoms with Crippen molar-refractivity contribution >= 4 is 17.7 Å². The van der Waals surface area contributed by atoms with E-state index in [2.05, 4.69) is 0 Å². The van der Waals surface area contributed by atoms with Gasteiger partial charge in [-0.25, -0.2) is 0 Å². The molecule has 1 unspecified atom stereocenters. The van der Waals surface area contributed by atoms with Crippen molar-refractivity contribution in [2.75, 3.05) is 5.75 Å². The second-order valence-corrected chi connectivity index (χ2v) is 4.89. The van der Waals surface area contributed by atoms with Crippen molar-refractivity contribution in [1.29, 1.82) is 0 Å². The van der Waals surface area contributed by atoms with Gasteiger partial charge in [0, 0.05) is 10.6 Å². The molecular weight excluding hydrogens is 224 g/mol. The number of benzene rings is 1. The topological polar surface area (TPSA) is 57.5 Å². The quantitative estimate of drug-likeness (QED) is 0.775. The fraction of sp³-hybridized carbons (Fsp3) is 0.417. The SMILES string of the molecule is Cc1ccc(C)c(SCC(O)CC(=O)O)c1. The molecule has 1 aromatic rings. The van der Waals surface area contributed by atoms with Crippen molar-refractivity contribution in [1.82, 2.24) is 0 Å². The predicted molar refractivity (Wildman–Crippen MR) is 64.9 cm³/mol. The highest BCUT2D eigenvalue weighted by molar-refractivity contribution is 7.99. The monoisotopic (exact) mass is 240 g/mol. The van der Waals surface area contributed by atoms with Crippen LogP contribution in [0.25, 0.3) is 0 Å². The lowest BCUT2D eigenvalue weighted by Gasteiger charge is -2.10. The third-order valence-electron chi connectivity index (χ3n) is 2.19. The Balaban J connectivity index is 2.54. The molecule has 0 radical (unpaired) electrons. The third kappa shape index (κ3) is 4.24. The summed E-state index contributed by atoms with van der Waals surface area (Å²) in [4.78, 5) is 11.5. The van der Waals surface area contributed by atoms with E-state index >= 15 is 0 Å². The Morgan fingerprint density at radius 1 is 1.44 bits per heavy atom. The summed E-state index contributed by atoms with van der Waals surface area (Å²) in [5.41, 5.74) is 2.32. The molecule has 1 atom stereocenters. The Hall–Kier alpha value is -1.00. The molecular formula is C12H16O3S. The van der Waals surface area contributed by atoms with Crippen LogP contribution in [0.1, 0.15) is 17.5 Å². The van der Waals surface area contributed by atoms with Crippen LogP contribution < -0.4 is 0 Å². The van der Waals surface area contributed by atoms with E-state index in [4.69, 9.17) is 5.11 Å². The number of carbonyl (C=O) groups is 1. The van der Waals surface area contributed by atoms with Crippen LogP contribution in [0.2, 0.25) is 0 Å². The molecule has 0 saturated heterocycles. The van der Waals surface area contributed by atoms with Crippen molar-refractivity contribution in [3.05, 3.63) is 29.3 Å². The minimum atomic E-state index is -0.964. The molecule has 0 fully saturated rings. The molecule has 88 valence electrons. The fourth-order valence-corrected chi connectivity index (χ4v) is 2.36. The Kier molecular flexibility index (Phi) is 4.83. The molecule has 0 aliphatic carbocycles. The number of carboxylic acid groups (broad SMARTS) is 1. The Morgan fingerprint density at radius 3 is 2.75 bits per heavy atom. The second-order valence-electron chi connectivity index (χ2n) is 3.83. The van der Waals surface area contributed by atoms with Gasteiger partial charge in [0.05, 0.1) is 12.5 Å². The summed E-state index contributed by atoms with van der Waals surface area (Å²) < 4.78 is 0. The second kappa shape index (κ2) is 5.92. The first-order valence-corrected chi connectivity index (χ1v) is 6.07. The first-order chi connectivity index (χ1) is 7.49. The molecule has 0 spiro atoms. The van der Waals surface area contributed by atoms with E-state index in [-0.39, 0.29) is 6.42 Å². The minimum absolute atomic E-state index is 0.197. The van der Waals surface area contributed by atoms with Crippen LogP contribution in [-0.4, -0.2) is 28.0 Å². The lowest BCUT2D eigenvalue weighted by molar-refractivity contribution is -0.138. The number of aryl methyl sites for hydroxylation is 2. The number of aliphatic hydroxyl groups excluding tert-OH is 1. The van der Waals surface area contributed by atoms with Crippen LogP contribution in [0, 0.1) is 13.8 Å². The van der Waals surface area contributed by atoms with Gasteiger partial charge in [-0.1, -0.05) is 17.7 Å². The molecule has 0 aliphatic heterocycles.